The van der Waals surface area contributed by atoms with Crippen molar-refractivity contribution in [1.29, 1.82) is 0 Å². The number of hydrogen-bond acceptors (Lipinski definition) is 0. The minimum atomic E-state index is 0.736. The van der Waals surface area contributed by atoms with Crippen LogP contribution >= 0.6 is 0 Å². The average Bonchev–Trinajstić information content (AvgIpc) is 2.60. The molecule has 0 amide bonds. The third-order valence-electron chi connectivity index (χ3n) is 3.06. The van der Waals surface area contributed by atoms with Crippen LogP contribution in [0.5, 0.6) is 0 Å². The zero-order chi connectivity index (χ0) is 9.26. The summed E-state index contributed by atoms with van der Waals surface area (Å²) in [6, 6.07) is 8.72. The van der Waals surface area contributed by atoms with E-state index in [4.69, 9.17) is 0 Å². The molecule has 0 heteroatoms. The van der Waals surface area contributed by atoms with E-state index in [9.17, 15) is 0 Å². The van der Waals surface area contributed by atoms with Gasteiger partial charge in [-0.3, -0.25) is 0 Å². The summed E-state index contributed by atoms with van der Waals surface area (Å²) in [5, 5.41) is 2.91. The smallest absolute Gasteiger partial charge is 0.0118 e. The molecule has 68 valence electrons. The first-order valence-corrected chi connectivity index (χ1v) is 5.11. The van der Waals surface area contributed by atoms with Crippen LogP contribution in [0.2, 0.25) is 0 Å². The molecule has 0 spiro atoms. The van der Waals surface area contributed by atoms with Gasteiger partial charge in [0.25, 0.3) is 0 Å². The van der Waals surface area contributed by atoms with Crippen LogP contribution < -0.4 is 10.4 Å². The van der Waals surface area contributed by atoms with Crippen LogP contribution in [-0.4, -0.2) is 0 Å². The van der Waals surface area contributed by atoms with E-state index < -0.39 is 0 Å². The highest BCUT2D eigenvalue weighted by atomic mass is 14.1. The van der Waals surface area contributed by atoms with Gasteiger partial charge in [-0.15, -0.1) is 0 Å². The summed E-state index contributed by atoms with van der Waals surface area (Å²) in [5.74, 6) is 0.736. The second-order valence-corrected chi connectivity index (χ2v) is 3.83. The molecular formula is C13H16. The Balaban J connectivity index is 2.60. The molecule has 0 bridgehead atoms. The van der Waals surface area contributed by atoms with Crippen LogP contribution in [0, 0.1) is 5.92 Å². The average molecular weight is 172 g/mol. The van der Waals surface area contributed by atoms with Crippen molar-refractivity contribution in [1.82, 2.24) is 0 Å². The van der Waals surface area contributed by atoms with Gasteiger partial charge in [-0.2, -0.15) is 0 Å². The van der Waals surface area contributed by atoms with Gasteiger partial charge in [-0.1, -0.05) is 49.8 Å². The Morgan fingerprint density at radius 3 is 2.85 bits per heavy atom. The fourth-order valence-electron chi connectivity index (χ4n) is 2.01. The highest BCUT2D eigenvalue weighted by Gasteiger charge is 2.10. The van der Waals surface area contributed by atoms with Crippen molar-refractivity contribution in [3.8, 4) is 0 Å². The lowest BCUT2D eigenvalue weighted by molar-refractivity contribution is 0.704. The summed E-state index contributed by atoms with van der Waals surface area (Å²) < 4.78 is 0. The van der Waals surface area contributed by atoms with Crippen molar-refractivity contribution < 1.29 is 0 Å². The van der Waals surface area contributed by atoms with Gasteiger partial charge in [0.2, 0.25) is 0 Å². The Morgan fingerprint density at radius 1 is 1.31 bits per heavy atom. The molecule has 13 heavy (non-hydrogen) atoms. The molecule has 0 fully saturated rings. The van der Waals surface area contributed by atoms with E-state index in [1.165, 1.54) is 16.9 Å². The highest BCUT2D eigenvalue weighted by Crippen LogP contribution is 2.19. The van der Waals surface area contributed by atoms with Crippen LogP contribution in [0.4, 0.5) is 0 Å². The van der Waals surface area contributed by atoms with Crippen molar-refractivity contribution >= 4 is 11.6 Å². The van der Waals surface area contributed by atoms with E-state index in [0.717, 1.165) is 12.3 Å². The molecule has 0 saturated carbocycles. The summed E-state index contributed by atoms with van der Waals surface area (Å²) in [7, 11) is 0. The molecule has 0 aliphatic heterocycles. The number of hydrogen-bond donors (Lipinski definition) is 0. The van der Waals surface area contributed by atoms with Crippen LogP contribution in [0.3, 0.4) is 0 Å². The molecule has 0 aromatic heterocycles. The number of fused-ring (bicyclic) bond motifs is 1. The van der Waals surface area contributed by atoms with Gasteiger partial charge in [0, 0.05) is 0 Å². The Kier molecular flexibility index (Phi) is 2.22. The van der Waals surface area contributed by atoms with Crippen LogP contribution in [0.15, 0.2) is 24.3 Å². The largest absolute Gasteiger partial charge is 0.0726 e. The second kappa shape index (κ2) is 3.37. The summed E-state index contributed by atoms with van der Waals surface area (Å²) >= 11 is 0. The molecule has 0 nitrogen and oxygen atoms in total. The third-order valence-corrected chi connectivity index (χ3v) is 3.06. The first-order valence-electron chi connectivity index (χ1n) is 5.11. The summed E-state index contributed by atoms with van der Waals surface area (Å²) in [4.78, 5) is 0. The molecule has 0 N–H and O–H groups in total. The molecule has 1 atom stereocenters. The molecule has 2 rings (SSSR count). The van der Waals surface area contributed by atoms with Crippen molar-refractivity contribution in [2.45, 2.75) is 26.7 Å². The molecule has 1 aliphatic carbocycles. The zero-order valence-corrected chi connectivity index (χ0v) is 8.38. The summed E-state index contributed by atoms with van der Waals surface area (Å²) in [5.41, 5.74) is 1.62. The van der Waals surface area contributed by atoms with Crippen molar-refractivity contribution in [2.24, 2.45) is 5.92 Å². The third kappa shape index (κ3) is 1.41. The van der Waals surface area contributed by atoms with Gasteiger partial charge in [-0.05, 0) is 29.2 Å². The predicted octanol–water partition coefficient (Wildman–Crippen LogP) is 2.07. The molecule has 0 saturated heterocycles. The van der Waals surface area contributed by atoms with Gasteiger partial charge in [-0.25, -0.2) is 0 Å². The van der Waals surface area contributed by atoms with Gasteiger partial charge in [0.15, 0.2) is 0 Å². The predicted molar refractivity (Wildman–Crippen MR) is 57.6 cm³/mol. The van der Waals surface area contributed by atoms with Crippen LogP contribution in [-0.2, 0) is 0 Å². The van der Waals surface area contributed by atoms with Crippen molar-refractivity contribution in [3.05, 3.63) is 34.7 Å². The maximum Gasteiger partial charge on any atom is -0.0118 e. The second-order valence-electron chi connectivity index (χ2n) is 3.83. The molecular weight excluding hydrogens is 156 g/mol. The van der Waals surface area contributed by atoms with Gasteiger partial charge in [0.05, 0.1) is 0 Å². The topological polar surface area (TPSA) is 0 Å². The van der Waals surface area contributed by atoms with Crippen molar-refractivity contribution in [2.75, 3.05) is 0 Å². The zero-order valence-electron chi connectivity index (χ0n) is 8.38. The Morgan fingerprint density at radius 2 is 2.08 bits per heavy atom. The summed E-state index contributed by atoms with van der Waals surface area (Å²) in [6.07, 6.45) is 4.75. The van der Waals surface area contributed by atoms with Gasteiger partial charge in [0.1, 0.15) is 0 Å². The monoisotopic (exact) mass is 172 g/mol. The van der Waals surface area contributed by atoms with E-state index >= 15 is 0 Å². The van der Waals surface area contributed by atoms with E-state index in [1.807, 2.05) is 0 Å². The standard InChI is InChI=1S/C13H16/c1-3-10(2)12-9-8-11-6-4-5-7-13(11)12/h4-8,10H,3,9H2,1-2H3. The lowest BCUT2D eigenvalue weighted by atomic mass is 9.96. The summed E-state index contributed by atoms with van der Waals surface area (Å²) in [6.45, 7) is 4.59. The quantitative estimate of drug-likeness (QED) is 0.640. The van der Waals surface area contributed by atoms with E-state index in [-0.39, 0.29) is 0 Å². The van der Waals surface area contributed by atoms with E-state index in [1.54, 1.807) is 5.57 Å². The molecule has 0 heterocycles. The van der Waals surface area contributed by atoms with E-state index in [2.05, 4.69) is 44.2 Å². The molecule has 0 radical (unpaired) electrons. The fraction of sp³-hybridized carbons (Fsp3) is 0.385. The molecule has 1 aromatic carbocycles. The van der Waals surface area contributed by atoms with Crippen LogP contribution in [0.25, 0.3) is 11.6 Å². The minimum Gasteiger partial charge on any atom is -0.0726 e. The van der Waals surface area contributed by atoms with Gasteiger partial charge >= 0.3 is 0 Å². The Hall–Kier alpha value is -1.04. The van der Waals surface area contributed by atoms with Gasteiger partial charge < -0.3 is 0 Å². The maximum absolute atomic E-state index is 2.34. The Labute approximate surface area is 79.6 Å². The lowest BCUT2D eigenvalue weighted by Gasteiger charge is -2.09. The van der Waals surface area contributed by atoms with E-state index in [0.29, 0.717) is 0 Å². The SMILES string of the molecule is CCC(C)C1=c2ccccc2=CC1. The molecule has 1 aliphatic rings. The maximum atomic E-state index is 2.34. The Bertz CT molecular complexity index is 412. The first kappa shape index (κ1) is 8.55. The molecule has 1 unspecified atom stereocenters. The first-order chi connectivity index (χ1) is 6.33. The number of benzene rings is 1. The number of rotatable bonds is 2. The lowest BCUT2D eigenvalue weighted by Crippen LogP contribution is -2.23. The minimum absolute atomic E-state index is 0.736. The fourth-order valence-corrected chi connectivity index (χ4v) is 2.01. The normalized spacial score (nSPS) is 16.6. The van der Waals surface area contributed by atoms with Crippen molar-refractivity contribution in [3.63, 3.8) is 0 Å². The highest BCUT2D eigenvalue weighted by molar-refractivity contribution is 5.60. The molecule has 1 aromatic rings. The van der Waals surface area contributed by atoms with Crippen LogP contribution in [0.1, 0.15) is 26.7 Å².